The van der Waals surface area contributed by atoms with E-state index in [2.05, 4.69) is 54.6 Å². The average molecular weight is 633 g/mol. The molecule has 1 saturated carbocycles. The van der Waals surface area contributed by atoms with Crippen LogP contribution in [-0.2, 0) is 9.22 Å². The van der Waals surface area contributed by atoms with E-state index < -0.39 is 49.7 Å². The molecular weight excluding hydrogens is 584 g/mol. The molecule has 4 amide bonds. The zero-order chi connectivity index (χ0) is 33.1. The molecule has 9 heteroatoms. The van der Waals surface area contributed by atoms with Gasteiger partial charge in [-0.1, -0.05) is 65.8 Å². The van der Waals surface area contributed by atoms with Crippen molar-refractivity contribution in [1.29, 1.82) is 0 Å². The summed E-state index contributed by atoms with van der Waals surface area (Å²) in [6.45, 7) is 18.6. The molecule has 0 saturated heterocycles. The fourth-order valence-electron chi connectivity index (χ4n) is 7.14. The molecule has 242 valence electrons. The number of nitrogens with zero attached hydrogens (tertiary/aromatic N) is 2. The van der Waals surface area contributed by atoms with E-state index in [0.29, 0.717) is 28.9 Å². The lowest BCUT2D eigenvalue weighted by Gasteiger charge is -2.55. The summed E-state index contributed by atoms with van der Waals surface area (Å²) in [5, 5.41) is -0.157. The van der Waals surface area contributed by atoms with Crippen LogP contribution in [0.1, 0.15) is 98.8 Å². The number of carbonyl (C=O) groups excluding carboxylic acids is 4. The van der Waals surface area contributed by atoms with E-state index in [1.165, 1.54) is 4.90 Å². The van der Waals surface area contributed by atoms with E-state index >= 15 is 4.79 Å². The molecule has 1 spiro atoms. The molecule has 45 heavy (non-hydrogen) atoms. The summed E-state index contributed by atoms with van der Waals surface area (Å²) in [6.07, 6.45) is 1.58. The van der Waals surface area contributed by atoms with Crippen LogP contribution < -0.4 is 4.74 Å². The van der Waals surface area contributed by atoms with Crippen LogP contribution in [0.4, 0.5) is 0 Å². The van der Waals surface area contributed by atoms with Crippen LogP contribution in [0.2, 0.25) is 18.1 Å². The highest BCUT2D eigenvalue weighted by molar-refractivity contribution is 6.74. The number of rotatable bonds is 7. The van der Waals surface area contributed by atoms with Gasteiger partial charge < -0.3 is 9.16 Å². The minimum absolute atomic E-state index is 0.105. The number of hydrogen-bond acceptors (Lipinski definition) is 6. The SMILES string of the molecule is CC(C)[C@@H]1CC[C@@H](C)CC12Oc1ccccc1C(=O)N2C(=O)[C@@H](CN1C(=O)c2ccccc2C1=O)[C@@H](C)O[Si](C)(C)C(C)(C)C. The second-order valence-corrected chi connectivity index (χ2v) is 19.9. The number of amides is 4. The number of imide groups is 2. The number of carbonyl (C=O) groups is 4. The highest BCUT2D eigenvalue weighted by Gasteiger charge is 2.59. The summed E-state index contributed by atoms with van der Waals surface area (Å²) in [5.74, 6) is -2.06. The Bertz CT molecular complexity index is 1480. The predicted octanol–water partition coefficient (Wildman–Crippen LogP) is 7.16. The molecule has 2 aromatic carbocycles. The van der Waals surface area contributed by atoms with Crippen molar-refractivity contribution in [2.75, 3.05) is 6.54 Å². The van der Waals surface area contributed by atoms with Crippen molar-refractivity contribution >= 4 is 31.9 Å². The highest BCUT2D eigenvalue weighted by Crippen LogP contribution is 2.50. The number of para-hydroxylation sites is 1. The Labute approximate surface area is 268 Å². The Kier molecular flexibility index (Phi) is 8.68. The lowest BCUT2D eigenvalue weighted by Crippen LogP contribution is -2.69. The molecule has 1 aliphatic carbocycles. The Balaban J connectivity index is 1.63. The molecule has 3 aliphatic rings. The summed E-state index contributed by atoms with van der Waals surface area (Å²) >= 11 is 0. The van der Waals surface area contributed by atoms with Crippen molar-refractivity contribution in [2.45, 2.75) is 97.7 Å². The van der Waals surface area contributed by atoms with Crippen molar-refractivity contribution in [1.82, 2.24) is 9.80 Å². The first-order chi connectivity index (χ1) is 21.0. The quantitative estimate of drug-likeness (QED) is 0.238. The zero-order valence-electron chi connectivity index (χ0n) is 28.2. The van der Waals surface area contributed by atoms with Crippen LogP contribution >= 0.6 is 0 Å². The van der Waals surface area contributed by atoms with E-state index in [4.69, 9.17) is 9.16 Å². The zero-order valence-corrected chi connectivity index (χ0v) is 29.2. The fourth-order valence-corrected chi connectivity index (χ4v) is 8.58. The van der Waals surface area contributed by atoms with E-state index in [1.54, 1.807) is 42.5 Å². The molecule has 2 aromatic rings. The summed E-state index contributed by atoms with van der Waals surface area (Å²) in [6, 6.07) is 13.8. The Morgan fingerprint density at radius 1 is 0.933 bits per heavy atom. The maximum absolute atomic E-state index is 15.2. The topological polar surface area (TPSA) is 93.2 Å². The van der Waals surface area contributed by atoms with Gasteiger partial charge in [-0.05, 0) is 74.0 Å². The monoisotopic (exact) mass is 632 g/mol. The average Bonchev–Trinajstić information content (AvgIpc) is 3.19. The van der Waals surface area contributed by atoms with Gasteiger partial charge in [0.2, 0.25) is 5.91 Å². The molecule has 8 nitrogen and oxygen atoms in total. The summed E-state index contributed by atoms with van der Waals surface area (Å²) in [4.78, 5) is 59.5. The number of benzene rings is 2. The van der Waals surface area contributed by atoms with Crippen LogP contribution in [0, 0.1) is 23.7 Å². The van der Waals surface area contributed by atoms with Crippen molar-refractivity contribution < 1.29 is 28.3 Å². The van der Waals surface area contributed by atoms with E-state index in [0.717, 1.165) is 17.7 Å². The van der Waals surface area contributed by atoms with Gasteiger partial charge in [-0.3, -0.25) is 24.1 Å². The van der Waals surface area contributed by atoms with Gasteiger partial charge in [0.15, 0.2) is 14.0 Å². The Morgan fingerprint density at radius 3 is 2.04 bits per heavy atom. The second-order valence-electron chi connectivity index (χ2n) is 15.1. The lowest BCUT2D eigenvalue weighted by molar-refractivity contribution is -0.181. The van der Waals surface area contributed by atoms with Gasteiger partial charge in [-0.2, -0.15) is 0 Å². The normalized spacial score (nSPS) is 24.9. The van der Waals surface area contributed by atoms with Gasteiger partial charge >= 0.3 is 0 Å². The van der Waals surface area contributed by atoms with Gasteiger partial charge in [0.25, 0.3) is 17.7 Å². The molecule has 0 aromatic heterocycles. The first-order valence-electron chi connectivity index (χ1n) is 16.3. The highest BCUT2D eigenvalue weighted by atomic mass is 28.4. The van der Waals surface area contributed by atoms with Crippen LogP contribution in [-0.4, -0.2) is 60.1 Å². The van der Waals surface area contributed by atoms with Gasteiger partial charge in [0, 0.05) is 18.9 Å². The summed E-state index contributed by atoms with van der Waals surface area (Å²) in [7, 11) is -2.42. The van der Waals surface area contributed by atoms with Gasteiger partial charge in [0.1, 0.15) is 5.75 Å². The predicted molar refractivity (Wildman–Crippen MR) is 175 cm³/mol. The molecule has 0 radical (unpaired) electrons. The molecule has 1 fully saturated rings. The van der Waals surface area contributed by atoms with Gasteiger partial charge in [-0.15, -0.1) is 0 Å². The number of fused-ring (bicyclic) bond motifs is 2. The van der Waals surface area contributed by atoms with Crippen LogP contribution in [0.5, 0.6) is 5.75 Å². The van der Waals surface area contributed by atoms with Gasteiger partial charge in [-0.25, -0.2) is 4.90 Å². The minimum atomic E-state index is -2.42. The third-order valence-electron chi connectivity index (χ3n) is 10.6. The van der Waals surface area contributed by atoms with E-state index in [-0.39, 0.29) is 29.3 Å². The molecule has 2 heterocycles. The van der Waals surface area contributed by atoms with Crippen LogP contribution in [0.25, 0.3) is 0 Å². The van der Waals surface area contributed by atoms with Crippen molar-refractivity contribution in [3.8, 4) is 5.75 Å². The first-order valence-corrected chi connectivity index (χ1v) is 19.2. The third-order valence-corrected chi connectivity index (χ3v) is 15.2. The second kappa shape index (κ2) is 11.8. The Hall–Kier alpha value is -3.30. The molecule has 1 unspecified atom stereocenters. The summed E-state index contributed by atoms with van der Waals surface area (Å²) in [5.41, 5.74) is -0.244. The minimum Gasteiger partial charge on any atom is -0.466 e. The van der Waals surface area contributed by atoms with Crippen LogP contribution in [0.15, 0.2) is 48.5 Å². The number of hydrogen-bond donors (Lipinski definition) is 0. The maximum Gasteiger partial charge on any atom is 0.267 e. The van der Waals surface area contributed by atoms with E-state index in [1.807, 2.05) is 13.0 Å². The lowest BCUT2D eigenvalue weighted by atomic mass is 9.69. The molecule has 0 bridgehead atoms. The molecule has 5 atom stereocenters. The first kappa shape index (κ1) is 33.1. The Morgan fingerprint density at radius 2 is 1.49 bits per heavy atom. The maximum atomic E-state index is 15.2. The van der Waals surface area contributed by atoms with Crippen molar-refractivity contribution in [3.63, 3.8) is 0 Å². The molecular formula is C36H48N2O6Si. The van der Waals surface area contributed by atoms with Crippen molar-refractivity contribution in [3.05, 3.63) is 65.2 Å². The molecule has 5 rings (SSSR count). The molecule has 0 N–H and O–H groups in total. The molecule has 2 aliphatic heterocycles. The summed E-state index contributed by atoms with van der Waals surface area (Å²) < 4.78 is 13.7. The van der Waals surface area contributed by atoms with Crippen molar-refractivity contribution in [2.24, 2.45) is 23.7 Å². The smallest absolute Gasteiger partial charge is 0.267 e. The van der Waals surface area contributed by atoms with E-state index in [9.17, 15) is 14.4 Å². The fraction of sp³-hybridized carbons (Fsp3) is 0.556. The standard InChI is InChI=1S/C36H48N2O6Si/c1-22(2)29-19-18-23(3)20-36(29)38(33(41)27-16-12-13-17-30(27)43-36)34(42)28(24(4)44-45(8,9)35(5,6)7)21-37-31(39)25-14-10-11-15-26(25)32(37)40/h10-17,22-24,28-29H,18-21H2,1-9H3/t23-,24-,28+,29+,36?/m1/s1. The largest absolute Gasteiger partial charge is 0.466 e. The number of ether oxygens (including phenoxy) is 1. The third kappa shape index (κ3) is 5.67. The van der Waals surface area contributed by atoms with Crippen LogP contribution in [0.3, 0.4) is 0 Å². The van der Waals surface area contributed by atoms with Gasteiger partial charge in [0.05, 0.1) is 28.7 Å².